The minimum Gasteiger partial charge on any atom is -0.492 e. The van der Waals surface area contributed by atoms with Gasteiger partial charge >= 0.3 is 0 Å². The number of hydrogen-bond donors (Lipinski definition) is 1. The second-order valence-corrected chi connectivity index (χ2v) is 4.40. The number of anilines is 1. The van der Waals surface area contributed by atoms with Gasteiger partial charge in [0, 0.05) is 18.0 Å². The highest BCUT2D eigenvalue weighted by Gasteiger charge is 2.12. The molecule has 0 fully saturated rings. The van der Waals surface area contributed by atoms with E-state index in [2.05, 4.69) is 10.3 Å². The van der Waals surface area contributed by atoms with Crippen molar-refractivity contribution in [2.24, 2.45) is 0 Å². The highest BCUT2D eigenvalue weighted by atomic mass is 16.5. The molecule has 2 aromatic rings. The zero-order valence-electron chi connectivity index (χ0n) is 11.9. The number of carbonyl (C=O) groups excluding carboxylic acids is 2. The van der Waals surface area contributed by atoms with Gasteiger partial charge in [-0.3, -0.25) is 14.6 Å². The number of benzene rings is 1. The zero-order valence-corrected chi connectivity index (χ0v) is 11.9. The van der Waals surface area contributed by atoms with Crippen molar-refractivity contribution in [2.45, 2.75) is 13.8 Å². The van der Waals surface area contributed by atoms with E-state index in [4.69, 9.17) is 4.74 Å². The van der Waals surface area contributed by atoms with Gasteiger partial charge in [-0.1, -0.05) is 0 Å². The van der Waals surface area contributed by atoms with Gasteiger partial charge in [0.15, 0.2) is 5.78 Å². The van der Waals surface area contributed by atoms with Crippen LogP contribution in [-0.4, -0.2) is 23.3 Å². The maximum atomic E-state index is 12.2. The van der Waals surface area contributed by atoms with Crippen LogP contribution >= 0.6 is 0 Å². The molecular formula is C16H16N2O3. The molecule has 2 rings (SSSR count). The molecule has 0 atom stereocenters. The smallest absolute Gasteiger partial charge is 0.257 e. The summed E-state index contributed by atoms with van der Waals surface area (Å²) in [5.74, 6) is 0.152. The maximum Gasteiger partial charge on any atom is 0.257 e. The van der Waals surface area contributed by atoms with Gasteiger partial charge in [-0.2, -0.15) is 0 Å². The normalized spacial score (nSPS) is 10.0. The van der Waals surface area contributed by atoms with E-state index in [1.54, 1.807) is 36.5 Å². The Morgan fingerprint density at radius 1 is 1.24 bits per heavy atom. The number of ether oxygens (including phenoxy) is 1. The molecule has 0 saturated carbocycles. The Balaban J connectivity index is 2.30. The molecule has 0 aliphatic rings. The second-order valence-electron chi connectivity index (χ2n) is 4.40. The van der Waals surface area contributed by atoms with E-state index < -0.39 is 0 Å². The Hall–Kier alpha value is -2.69. The van der Waals surface area contributed by atoms with Crippen molar-refractivity contribution in [3.8, 4) is 5.75 Å². The van der Waals surface area contributed by atoms with Gasteiger partial charge in [-0.25, -0.2) is 0 Å². The molecule has 21 heavy (non-hydrogen) atoms. The lowest BCUT2D eigenvalue weighted by Gasteiger charge is -2.12. The maximum absolute atomic E-state index is 12.2. The Labute approximate surface area is 123 Å². The van der Waals surface area contributed by atoms with Crippen molar-refractivity contribution in [3.63, 3.8) is 0 Å². The first-order valence-electron chi connectivity index (χ1n) is 6.61. The quantitative estimate of drug-likeness (QED) is 0.857. The Morgan fingerprint density at radius 2 is 2.05 bits per heavy atom. The summed E-state index contributed by atoms with van der Waals surface area (Å²) in [6.45, 7) is 3.79. The minimum atomic E-state index is -0.301. The second kappa shape index (κ2) is 6.65. The summed E-state index contributed by atoms with van der Waals surface area (Å²) in [6.07, 6.45) is 3.07. The molecule has 1 N–H and O–H groups in total. The number of nitrogens with zero attached hydrogens (tertiary/aromatic N) is 1. The lowest BCUT2D eigenvalue weighted by atomic mass is 10.1. The number of amides is 1. The van der Waals surface area contributed by atoms with Gasteiger partial charge in [0.1, 0.15) is 5.75 Å². The Morgan fingerprint density at radius 3 is 2.67 bits per heavy atom. The number of carbonyl (C=O) groups is 2. The Bertz CT molecular complexity index is 654. The van der Waals surface area contributed by atoms with Crippen LogP contribution in [0.2, 0.25) is 0 Å². The first kappa shape index (κ1) is 14.7. The van der Waals surface area contributed by atoms with Gasteiger partial charge in [0.05, 0.1) is 17.9 Å². The molecule has 0 saturated heterocycles. The molecule has 108 valence electrons. The predicted molar refractivity (Wildman–Crippen MR) is 79.8 cm³/mol. The lowest BCUT2D eigenvalue weighted by molar-refractivity contribution is 0.101. The number of rotatable bonds is 5. The van der Waals surface area contributed by atoms with Crippen molar-refractivity contribution >= 4 is 17.4 Å². The summed E-state index contributed by atoms with van der Waals surface area (Å²) in [7, 11) is 0. The third-order valence-corrected chi connectivity index (χ3v) is 2.86. The monoisotopic (exact) mass is 284 g/mol. The van der Waals surface area contributed by atoms with Crippen LogP contribution in [-0.2, 0) is 0 Å². The van der Waals surface area contributed by atoms with Crippen molar-refractivity contribution in [2.75, 3.05) is 11.9 Å². The van der Waals surface area contributed by atoms with Crippen LogP contribution in [0.15, 0.2) is 42.7 Å². The van der Waals surface area contributed by atoms with E-state index in [0.717, 1.165) is 0 Å². The lowest BCUT2D eigenvalue weighted by Crippen LogP contribution is -2.13. The molecule has 1 aromatic heterocycles. The fourth-order valence-electron chi connectivity index (χ4n) is 1.82. The average Bonchev–Trinajstić information content (AvgIpc) is 2.50. The fourth-order valence-corrected chi connectivity index (χ4v) is 1.82. The van der Waals surface area contributed by atoms with Crippen molar-refractivity contribution in [3.05, 3.63) is 53.9 Å². The average molecular weight is 284 g/mol. The van der Waals surface area contributed by atoms with Crippen LogP contribution in [0.25, 0.3) is 0 Å². The van der Waals surface area contributed by atoms with Gasteiger partial charge in [0.25, 0.3) is 5.91 Å². The van der Waals surface area contributed by atoms with Crippen LogP contribution in [0.1, 0.15) is 34.6 Å². The van der Waals surface area contributed by atoms with Crippen LogP contribution in [0.5, 0.6) is 5.75 Å². The molecule has 0 aliphatic carbocycles. The molecule has 0 bridgehead atoms. The molecule has 5 nitrogen and oxygen atoms in total. The summed E-state index contributed by atoms with van der Waals surface area (Å²) in [5.41, 5.74) is 1.42. The van der Waals surface area contributed by atoms with E-state index in [-0.39, 0.29) is 11.7 Å². The fraction of sp³-hybridized carbons (Fsp3) is 0.188. The minimum absolute atomic E-state index is 0.0741. The van der Waals surface area contributed by atoms with Crippen LogP contribution in [0.4, 0.5) is 5.69 Å². The summed E-state index contributed by atoms with van der Waals surface area (Å²) in [6, 6.07) is 8.32. The molecule has 1 heterocycles. The number of aromatic nitrogens is 1. The summed E-state index contributed by atoms with van der Waals surface area (Å²) < 4.78 is 5.47. The van der Waals surface area contributed by atoms with E-state index in [9.17, 15) is 9.59 Å². The van der Waals surface area contributed by atoms with E-state index in [0.29, 0.717) is 29.2 Å². The summed E-state index contributed by atoms with van der Waals surface area (Å²) in [5, 5.41) is 2.75. The third kappa shape index (κ3) is 3.66. The van der Waals surface area contributed by atoms with Crippen LogP contribution < -0.4 is 10.1 Å². The number of Topliss-reactive ketones (excluding diaryl/α,β-unsaturated/α-hetero) is 1. The number of ketones is 1. The highest BCUT2D eigenvalue weighted by molar-refractivity contribution is 6.05. The van der Waals surface area contributed by atoms with Crippen LogP contribution in [0.3, 0.4) is 0 Å². The molecule has 1 aromatic carbocycles. The van der Waals surface area contributed by atoms with E-state index >= 15 is 0 Å². The van der Waals surface area contributed by atoms with Gasteiger partial charge < -0.3 is 10.1 Å². The highest BCUT2D eigenvalue weighted by Crippen LogP contribution is 2.26. The van der Waals surface area contributed by atoms with Gasteiger partial charge in [0.2, 0.25) is 0 Å². The molecule has 0 unspecified atom stereocenters. The number of pyridine rings is 1. The molecule has 5 heteroatoms. The molecular weight excluding hydrogens is 268 g/mol. The topological polar surface area (TPSA) is 68.3 Å². The van der Waals surface area contributed by atoms with Gasteiger partial charge in [-0.05, 0) is 44.2 Å². The molecule has 0 radical (unpaired) electrons. The first-order chi connectivity index (χ1) is 10.1. The van der Waals surface area contributed by atoms with Gasteiger partial charge in [-0.15, -0.1) is 0 Å². The standard InChI is InChI=1S/C16H16N2O3/c1-3-21-15-7-6-12(11(2)19)9-14(15)18-16(20)13-5-4-8-17-10-13/h4-10H,3H2,1-2H3,(H,18,20). The molecule has 1 amide bonds. The van der Waals surface area contributed by atoms with E-state index in [1.807, 2.05) is 6.92 Å². The summed E-state index contributed by atoms with van der Waals surface area (Å²) in [4.78, 5) is 27.5. The number of hydrogen-bond acceptors (Lipinski definition) is 4. The predicted octanol–water partition coefficient (Wildman–Crippen LogP) is 2.94. The molecule has 0 spiro atoms. The van der Waals surface area contributed by atoms with E-state index in [1.165, 1.54) is 13.1 Å². The Kier molecular flexibility index (Phi) is 4.66. The van der Waals surface area contributed by atoms with Crippen molar-refractivity contribution < 1.29 is 14.3 Å². The zero-order chi connectivity index (χ0) is 15.2. The summed E-state index contributed by atoms with van der Waals surface area (Å²) >= 11 is 0. The largest absolute Gasteiger partial charge is 0.492 e. The molecule has 0 aliphatic heterocycles. The number of nitrogens with one attached hydrogen (secondary N) is 1. The third-order valence-electron chi connectivity index (χ3n) is 2.86. The SMILES string of the molecule is CCOc1ccc(C(C)=O)cc1NC(=O)c1cccnc1. The van der Waals surface area contributed by atoms with Crippen LogP contribution in [0, 0.1) is 0 Å². The first-order valence-corrected chi connectivity index (χ1v) is 6.61. The van der Waals surface area contributed by atoms with Crippen molar-refractivity contribution in [1.29, 1.82) is 0 Å². The van der Waals surface area contributed by atoms with Crippen molar-refractivity contribution in [1.82, 2.24) is 4.98 Å².